The van der Waals surface area contributed by atoms with Gasteiger partial charge in [-0.15, -0.1) is 0 Å². The Morgan fingerprint density at radius 1 is 1.16 bits per heavy atom. The topological polar surface area (TPSA) is 29.0 Å². The maximum atomic E-state index is 6.27. The van der Waals surface area contributed by atoms with Crippen molar-refractivity contribution in [2.45, 2.75) is 19.9 Å². The number of rotatable bonds is 1. The van der Waals surface area contributed by atoms with Crippen LogP contribution in [-0.4, -0.2) is 16.5 Å². The van der Waals surface area contributed by atoms with Gasteiger partial charge in [0.1, 0.15) is 0 Å². The molecular formula is C14H13Cl2N3. The van der Waals surface area contributed by atoms with Crippen LogP contribution in [-0.2, 0) is 13.0 Å². The lowest BCUT2D eigenvalue weighted by atomic mass is 10.00. The summed E-state index contributed by atoms with van der Waals surface area (Å²) in [7, 11) is 0. The van der Waals surface area contributed by atoms with Gasteiger partial charge in [0.15, 0.2) is 0 Å². The van der Waals surface area contributed by atoms with Crippen LogP contribution < -0.4 is 4.90 Å². The Labute approximate surface area is 122 Å². The Kier molecular flexibility index (Phi) is 3.33. The predicted octanol–water partition coefficient (Wildman–Crippen LogP) is 3.65. The second-order valence-corrected chi connectivity index (χ2v) is 5.60. The van der Waals surface area contributed by atoms with Crippen LogP contribution in [0.5, 0.6) is 0 Å². The van der Waals surface area contributed by atoms with Crippen LogP contribution in [0.1, 0.15) is 16.7 Å². The Hall–Kier alpha value is -1.32. The molecular weight excluding hydrogens is 281 g/mol. The molecule has 0 bridgehead atoms. The summed E-state index contributed by atoms with van der Waals surface area (Å²) in [6, 6.07) is 3.79. The molecule has 0 unspecified atom stereocenters. The van der Waals surface area contributed by atoms with Crippen LogP contribution in [0.15, 0.2) is 24.5 Å². The summed E-state index contributed by atoms with van der Waals surface area (Å²) in [5.74, 6) is 0.752. The van der Waals surface area contributed by atoms with E-state index in [9.17, 15) is 0 Å². The van der Waals surface area contributed by atoms with E-state index in [1.54, 1.807) is 6.07 Å². The van der Waals surface area contributed by atoms with Gasteiger partial charge in [-0.05, 0) is 42.2 Å². The van der Waals surface area contributed by atoms with Crippen molar-refractivity contribution in [2.24, 2.45) is 0 Å². The second kappa shape index (κ2) is 4.99. The third kappa shape index (κ3) is 2.53. The van der Waals surface area contributed by atoms with Gasteiger partial charge in [-0.1, -0.05) is 23.2 Å². The minimum atomic E-state index is 0.698. The molecule has 0 N–H and O–H groups in total. The molecule has 1 aliphatic heterocycles. The number of hydrogen-bond acceptors (Lipinski definition) is 3. The Bertz CT molecular complexity index is 611. The summed E-state index contributed by atoms with van der Waals surface area (Å²) in [4.78, 5) is 10.9. The fraction of sp³-hybridized carbons (Fsp3) is 0.286. The first-order chi connectivity index (χ1) is 9.13. The Balaban J connectivity index is 1.92. The van der Waals surface area contributed by atoms with E-state index < -0.39 is 0 Å². The van der Waals surface area contributed by atoms with E-state index in [2.05, 4.69) is 14.9 Å². The molecule has 0 amide bonds. The van der Waals surface area contributed by atoms with Crippen molar-refractivity contribution in [1.82, 2.24) is 9.97 Å². The monoisotopic (exact) mass is 293 g/mol. The summed E-state index contributed by atoms with van der Waals surface area (Å²) in [6.45, 7) is 3.59. The quantitative estimate of drug-likeness (QED) is 0.804. The highest BCUT2D eigenvalue weighted by atomic mass is 35.5. The molecule has 0 aliphatic carbocycles. The van der Waals surface area contributed by atoms with E-state index in [1.807, 2.05) is 25.4 Å². The van der Waals surface area contributed by atoms with Crippen LogP contribution in [0.3, 0.4) is 0 Å². The van der Waals surface area contributed by atoms with E-state index in [1.165, 1.54) is 5.56 Å². The van der Waals surface area contributed by atoms with Gasteiger partial charge in [0.25, 0.3) is 0 Å². The first kappa shape index (κ1) is 12.7. The molecule has 0 spiro atoms. The SMILES string of the molecule is Cc1cnc(N2CCc3cc(Cl)cc(Cl)c3C2)nc1. The molecule has 1 aromatic heterocycles. The molecule has 5 heteroatoms. The highest BCUT2D eigenvalue weighted by Gasteiger charge is 2.21. The fourth-order valence-electron chi connectivity index (χ4n) is 2.30. The van der Waals surface area contributed by atoms with Crippen molar-refractivity contribution in [3.63, 3.8) is 0 Å². The molecule has 0 atom stereocenters. The van der Waals surface area contributed by atoms with Gasteiger partial charge >= 0.3 is 0 Å². The zero-order valence-electron chi connectivity index (χ0n) is 10.5. The summed E-state index contributed by atoms with van der Waals surface area (Å²) in [5, 5.41) is 1.42. The molecule has 1 aromatic carbocycles. The predicted molar refractivity (Wildman–Crippen MR) is 78.0 cm³/mol. The molecule has 1 aliphatic rings. The van der Waals surface area contributed by atoms with Gasteiger partial charge in [0, 0.05) is 35.5 Å². The normalized spacial score (nSPS) is 14.4. The highest BCUT2D eigenvalue weighted by molar-refractivity contribution is 6.35. The smallest absolute Gasteiger partial charge is 0.225 e. The van der Waals surface area contributed by atoms with Gasteiger partial charge in [0.2, 0.25) is 5.95 Å². The lowest BCUT2D eigenvalue weighted by Gasteiger charge is -2.29. The molecule has 3 rings (SSSR count). The molecule has 2 aromatic rings. The summed E-state index contributed by atoms with van der Waals surface area (Å²) < 4.78 is 0. The van der Waals surface area contributed by atoms with E-state index in [0.717, 1.165) is 41.6 Å². The van der Waals surface area contributed by atoms with Crippen LogP contribution in [0.4, 0.5) is 5.95 Å². The van der Waals surface area contributed by atoms with E-state index >= 15 is 0 Å². The van der Waals surface area contributed by atoms with Crippen LogP contribution in [0.2, 0.25) is 10.0 Å². The van der Waals surface area contributed by atoms with Crippen molar-refractivity contribution in [3.8, 4) is 0 Å². The first-order valence-electron chi connectivity index (χ1n) is 6.14. The van der Waals surface area contributed by atoms with Gasteiger partial charge in [-0.2, -0.15) is 0 Å². The van der Waals surface area contributed by atoms with Crippen molar-refractivity contribution >= 4 is 29.2 Å². The molecule has 0 radical (unpaired) electrons. The van der Waals surface area contributed by atoms with Crippen molar-refractivity contribution in [1.29, 1.82) is 0 Å². The van der Waals surface area contributed by atoms with Crippen molar-refractivity contribution < 1.29 is 0 Å². The second-order valence-electron chi connectivity index (χ2n) is 4.76. The standard InChI is InChI=1S/C14H13Cl2N3/c1-9-6-17-14(18-7-9)19-3-2-10-4-11(15)5-13(16)12(10)8-19/h4-7H,2-3,8H2,1H3. The molecule has 0 saturated heterocycles. The number of nitrogens with zero attached hydrogens (tertiary/aromatic N) is 3. The van der Waals surface area contributed by atoms with Crippen molar-refractivity contribution in [3.05, 3.63) is 51.3 Å². The number of aryl methyl sites for hydroxylation is 1. The largest absolute Gasteiger partial charge is 0.336 e. The van der Waals surface area contributed by atoms with Crippen LogP contribution >= 0.6 is 23.2 Å². The minimum Gasteiger partial charge on any atom is -0.336 e. The summed E-state index contributed by atoms with van der Waals surface area (Å²) in [5.41, 5.74) is 3.41. The molecule has 2 heterocycles. The van der Waals surface area contributed by atoms with Crippen LogP contribution in [0.25, 0.3) is 0 Å². The Morgan fingerprint density at radius 3 is 2.63 bits per heavy atom. The average molecular weight is 294 g/mol. The zero-order chi connectivity index (χ0) is 13.4. The lowest BCUT2D eigenvalue weighted by molar-refractivity contribution is 0.707. The molecule has 19 heavy (non-hydrogen) atoms. The minimum absolute atomic E-state index is 0.698. The number of aromatic nitrogens is 2. The van der Waals surface area contributed by atoms with Gasteiger partial charge in [0.05, 0.1) is 0 Å². The van der Waals surface area contributed by atoms with Gasteiger partial charge in [-0.3, -0.25) is 0 Å². The molecule has 0 fully saturated rings. The van der Waals surface area contributed by atoms with Crippen LogP contribution in [0, 0.1) is 6.92 Å². The maximum absolute atomic E-state index is 6.27. The van der Waals surface area contributed by atoms with Gasteiger partial charge < -0.3 is 4.90 Å². The third-order valence-electron chi connectivity index (χ3n) is 3.30. The number of hydrogen-bond donors (Lipinski definition) is 0. The van der Waals surface area contributed by atoms with E-state index in [-0.39, 0.29) is 0 Å². The Morgan fingerprint density at radius 2 is 1.89 bits per heavy atom. The summed E-state index contributed by atoms with van der Waals surface area (Å²) in [6.07, 6.45) is 4.58. The maximum Gasteiger partial charge on any atom is 0.225 e. The molecule has 0 saturated carbocycles. The molecule has 3 nitrogen and oxygen atoms in total. The first-order valence-corrected chi connectivity index (χ1v) is 6.89. The van der Waals surface area contributed by atoms with E-state index in [0.29, 0.717) is 5.02 Å². The number of benzene rings is 1. The number of halogens is 2. The van der Waals surface area contributed by atoms with Gasteiger partial charge in [-0.25, -0.2) is 9.97 Å². The van der Waals surface area contributed by atoms with Crippen molar-refractivity contribution in [2.75, 3.05) is 11.4 Å². The average Bonchev–Trinajstić information content (AvgIpc) is 2.39. The highest BCUT2D eigenvalue weighted by Crippen LogP contribution is 2.30. The summed E-state index contributed by atoms with van der Waals surface area (Å²) >= 11 is 12.3. The fourth-order valence-corrected chi connectivity index (χ4v) is 2.90. The number of fused-ring (bicyclic) bond motifs is 1. The zero-order valence-corrected chi connectivity index (χ0v) is 12.0. The lowest BCUT2D eigenvalue weighted by Crippen LogP contribution is -2.32. The molecule has 98 valence electrons. The third-order valence-corrected chi connectivity index (χ3v) is 3.86. The van der Waals surface area contributed by atoms with E-state index in [4.69, 9.17) is 23.2 Å². The number of anilines is 1.